The Hall–Kier alpha value is -1.11. The van der Waals surface area contributed by atoms with Crippen molar-refractivity contribution in [2.45, 2.75) is 31.3 Å². The van der Waals surface area contributed by atoms with Gasteiger partial charge in [-0.15, -0.1) is 0 Å². The Morgan fingerprint density at radius 3 is 2.56 bits per heavy atom. The normalized spacial score (nSPS) is 13.8. The Kier molecular flexibility index (Phi) is 4.72. The number of nitrogens with zero attached hydrogens (tertiary/aromatic N) is 1. The Bertz CT molecular complexity index is 512. The third kappa shape index (κ3) is 3.44. The lowest BCUT2D eigenvalue weighted by Crippen LogP contribution is -2.30. The van der Waals surface area contributed by atoms with E-state index in [4.69, 9.17) is 5.73 Å². The van der Waals surface area contributed by atoms with Crippen LogP contribution in [0.1, 0.15) is 18.9 Å². The summed E-state index contributed by atoms with van der Waals surface area (Å²) in [6.07, 6.45) is -0.139. The molecule has 0 aliphatic heterocycles. The van der Waals surface area contributed by atoms with Gasteiger partial charge in [0.2, 0.25) is 10.0 Å². The van der Waals surface area contributed by atoms with Gasteiger partial charge in [0.15, 0.2) is 0 Å². The first-order chi connectivity index (χ1) is 8.25. The number of rotatable bonds is 5. The highest BCUT2D eigenvalue weighted by Gasteiger charge is 2.23. The molecule has 0 heterocycles. The Labute approximate surface area is 108 Å². The zero-order valence-electron chi connectivity index (χ0n) is 10.9. The number of sulfonamides is 1. The first kappa shape index (κ1) is 14.9. The number of benzene rings is 1. The molecule has 3 N–H and O–H groups in total. The standard InChI is InChI=1S/C12H20N2O3S/c1-9-4-5-12(11(13)8-9)18(16,17)14(3)7-6-10(2)15/h4-5,8,10,15H,6-7,13H2,1-3H3. The van der Waals surface area contributed by atoms with Crippen LogP contribution in [0, 0.1) is 6.92 Å². The number of aryl methyl sites for hydroxylation is 1. The lowest BCUT2D eigenvalue weighted by Gasteiger charge is -2.19. The maximum atomic E-state index is 12.2. The van der Waals surface area contributed by atoms with E-state index in [-0.39, 0.29) is 17.1 Å². The molecule has 0 aromatic heterocycles. The topological polar surface area (TPSA) is 83.6 Å². The van der Waals surface area contributed by atoms with Crippen molar-refractivity contribution in [3.63, 3.8) is 0 Å². The average molecular weight is 272 g/mol. The van der Waals surface area contributed by atoms with Gasteiger partial charge in [-0.25, -0.2) is 12.7 Å². The summed E-state index contributed by atoms with van der Waals surface area (Å²) in [7, 11) is -2.10. The minimum absolute atomic E-state index is 0.112. The molecule has 1 rings (SSSR count). The second kappa shape index (κ2) is 5.69. The minimum Gasteiger partial charge on any atom is -0.398 e. The van der Waals surface area contributed by atoms with E-state index >= 15 is 0 Å². The van der Waals surface area contributed by atoms with E-state index in [0.29, 0.717) is 6.42 Å². The molecule has 5 nitrogen and oxygen atoms in total. The summed E-state index contributed by atoms with van der Waals surface area (Å²) in [5.41, 5.74) is 6.91. The van der Waals surface area contributed by atoms with Crippen LogP contribution in [0.25, 0.3) is 0 Å². The second-order valence-electron chi connectivity index (χ2n) is 4.51. The van der Waals surface area contributed by atoms with Crippen LogP contribution in [-0.2, 0) is 10.0 Å². The van der Waals surface area contributed by atoms with Crippen LogP contribution in [0.4, 0.5) is 5.69 Å². The molecule has 102 valence electrons. The molecule has 0 bridgehead atoms. The van der Waals surface area contributed by atoms with E-state index in [1.165, 1.54) is 17.4 Å². The van der Waals surface area contributed by atoms with Gasteiger partial charge in [-0.3, -0.25) is 0 Å². The van der Waals surface area contributed by atoms with E-state index in [2.05, 4.69) is 0 Å². The number of hydrogen-bond acceptors (Lipinski definition) is 4. The summed E-state index contributed by atoms with van der Waals surface area (Å²) >= 11 is 0. The predicted octanol–water partition coefficient (Wildman–Crippen LogP) is 0.969. The summed E-state index contributed by atoms with van der Waals surface area (Å²) in [5.74, 6) is 0. The lowest BCUT2D eigenvalue weighted by atomic mass is 10.2. The second-order valence-corrected chi connectivity index (χ2v) is 6.52. The highest BCUT2D eigenvalue weighted by Crippen LogP contribution is 2.22. The molecule has 0 saturated heterocycles. The maximum absolute atomic E-state index is 12.2. The largest absolute Gasteiger partial charge is 0.398 e. The molecule has 0 spiro atoms. The van der Waals surface area contributed by atoms with Gasteiger partial charge in [-0.2, -0.15) is 0 Å². The summed E-state index contributed by atoms with van der Waals surface area (Å²) in [4.78, 5) is 0.112. The molecule has 1 aromatic rings. The average Bonchev–Trinajstić information content (AvgIpc) is 2.24. The summed E-state index contributed by atoms with van der Waals surface area (Å²) in [6.45, 7) is 3.73. The minimum atomic E-state index is -3.58. The van der Waals surface area contributed by atoms with Crippen LogP contribution in [0.2, 0.25) is 0 Å². The maximum Gasteiger partial charge on any atom is 0.244 e. The molecule has 1 atom stereocenters. The number of nitrogens with two attached hydrogens (primary N) is 1. The number of hydrogen-bond donors (Lipinski definition) is 2. The SMILES string of the molecule is Cc1ccc(S(=O)(=O)N(C)CCC(C)O)c(N)c1. The summed E-state index contributed by atoms with van der Waals surface area (Å²) in [6, 6.07) is 4.86. The van der Waals surface area contributed by atoms with Gasteiger partial charge in [0.05, 0.1) is 11.8 Å². The van der Waals surface area contributed by atoms with Crippen molar-refractivity contribution in [1.82, 2.24) is 4.31 Å². The molecule has 0 aliphatic rings. The van der Waals surface area contributed by atoms with Crippen molar-refractivity contribution in [3.8, 4) is 0 Å². The lowest BCUT2D eigenvalue weighted by molar-refractivity contribution is 0.177. The quantitative estimate of drug-likeness (QED) is 0.782. The first-order valence-electron chi connectivity index (χ1n) is 5.75. The Balaban J connectivity index is 2.98. The molecule has 1 unspecified atom stereocenters. The van der Waals surface area contributed by atoms with Crippen LogP contribution in [-0.4, -0.2) is 37.5 Å². The Morgan fingerprint density at radius 2 is 2.06 bits per heavy atom. The fourth-order valence-electron chi connectivity index (χ4n) is 1.56. The van der Waals surface area contributed by atoms with Crippen LogP contribution < -0.4 is 5.73 Å². The van der Waals surface area contributed by atoms with Crippen molar-refractivity contribution in [2.75, 3.05) is 19.3 Å². The number of aliphatic hydroxyl groups is 1. The fraction of sp³-hybridized carbons (Fsp3) is 0.500. The van der Waals surface area contributed by atoms with Gasteiger partial charge in [0.25, 0.3) is 0 Å². The van der Waals surface area contributed by atoms with Gasteiger partial charge < -0.3 is 10.8 Å². The molecule has 0 fully saturated rings. The monoisotopic (exact) mass is 272 g/mol. The highest BCUT2D eigenvalue weighted by molar-refractivity contribution is 7.89. The molecule has 0 amide bonds. The Morgan fingerprint density at radius 1 is 1.44 bits per heavy atom. The van der Waals surface area contributed by atoms with Gasteiger partial charge in [-0.1, -0.05) is 6.07 Å². The zero-order chi connectivity index (χ0) is 13.9. The van der Waals surface area contributed by atoms with E-state index in [1.54, 1.807) is 19.1 Å². The highest BCUT2D eigenvalue weighted by atomic mass is 32.2. The van der Waals surface area contributed by atoms with E-state index in [1.807, 2.05) is 6.92 Å². The van der Waals surface area contributed by atoms with Crippen LogP contribution >= 0.6 is 0 Å². The molecular weight excluding hydrogens is 252 g/mol. The van der Waals surface area contributed by atoms with E-state index < -0.39 is 16.1 Å². The molecule has 0 radical (unpaired) electrons. The van der Waals surface area contributed by atoms with Crippen LogP contribution in [0.15, 0.2) is 23.1 Å². The predicted molar refractivity (Wildman–Crippen MR) is 71.7 cm³/mol. The number of aliphatic hydroxyl groups excluding tert-OH is 1. The third-order valence-electron chi connectivity index (χ3n) is 2.72. The van der Waals surface area contributed by atoms with Gasteiger partial charge in [0.1, 0.15) is 4.90 Å². The third-order valence-corrected chi connectivity index (χ3v) is 4.65. The van der Waals surface area contributed by atoms with Crippen LogP contribution in [0.5, 0.6) is 0 Å². The molecule has 18 heavy (non-hydrogen) atoms. The smallest absolute Gasteiger partial charge is 0.244 e. The van der Waals surface area contributed by atoms with Gasteiger partial charge in [-0.05, 0) is 38.0 Å². The molecule has 1 aromatic carbocycles. The van der Waals surface area contributed by atoms with Gasteiger partial charge >= 0.3 is 0 Å². The summed E-state index contributed by atoms with van der Waals surface area (Å²) in [5, 5.41) is 9.18. The molecular formula is C12H20N2O3S. The van der Waals surface area contributed by atoms with Crippen molar-refractivity contribution in [2.24, 2.45) is 0 Å². The zero-order valence-corrected chi connectivity index (χ0v) is 11.7. The van der Waals surface area contributed by atoms with Crippen molar-refractivity contribution < 1.29 is 13.5 Å². The molecule has 0 saturated carbocycles. The first-order valence-corrected chi connectivity index (χ1v) is 7.19. The van der Waals surface area contributed by atoms with Crippen molar-refractivity contribution >= 4 is 15.7 Å². The van der Waals surface area contributed by atoms with E-state index in [0.717, 1.165) is 5.56 Å². The molecule has 6 heteroatoms. The summed E-state index contributed by atoms with van der Waals surface area (Å²) < 4.78 is 25.7. The van der Waals surface area contributed by atoms with E-state index in [9.17, 15) is 13.5 Å². The van der Waals surface area contributed by atoms with Gasteiger partial charge in [0, 0.05) is 13.6 Å². The molecule has 0 aliphatic carbocycles. The van der Waals surface area contributed by atoms with Crippen molar-refractivity contribution in [3.05, 3.63) is 23.8 Å². The van der Waals surface area contributed by atoms with Crippen molar-refractivity contribution in [1.29, 1.82) is 0 Å². The van der Waals surface area contributed by atoms with Crippen LogP contribution in [0.3, 0.4) is 0 Å². The number of anilines is 1. The number of nitrogen functional groups attached to an aromatic ring is 1. The fourth-order valence-corrected chi connectivity index (χ4v) is 2.84.